The molecule has 3 nitrogen and oxygen atoms in total. The highest BCUT2D eigenvalue weighted by Crippen LogP contribution is 2.21. The van der Waals surface area contributed by atoms with Gasteiger partial charge in [0.2, 0.25) is 0 Å². The van der Waals surface area contributed by atoms with Crippen LogP contribution in [0.15, 0.2) is 4.99 Å². The molecule has 0 aromatic carbocycles. The molecule has 0 aliphatic heterocycles. The van der Waals surface area contributed by atoms with E-state index in [9.17, 15) is 0 Å². The zero-order valence-electron chi connectivity index (χ0n) is 12.3. The SMILES string of the molecule is C#CCN=C(NCC)NC(C)CCC(C)(C)C.I. The van der Waals surface area contributed by atoms with Gasteiger partial charge in [0.25, 0.3) is 0 Å². The van der Waals surface area contributed by atoms with Crippen molar-refractivity contribution >= 4 is 29.9 Å². The molecule has 0 amide bonds. The molecule has 0 aromatic rings. The minimum absolute atomic E-state index is 0. The monoisotopic (exact) mass is 365 g/mol. The summed E-state index contributed by atoms with van der Waals surface area (Å²) in [5.74, 6) is 3.33. The van der Waals surface area contributed by atoms with Crippen molar-refractivity contribution in [2.45, 2.75) is 53.5 Å². The van der Waals surface area contributed by atoms with Crippen molar-refractivity contribution in [3.8, 4) is 12.3 Å². The number of hydrogen-bond donors (Lipinski definition) is 2. The van der Waals surface area contributed by atoms with E-state index in [1.807, 2.05) is 6.92 Å². The Labute approximate surface area is 130 Å². The second kappa shape index (κ2) is 10.5. The van der Waals surface area contributed by atoms with Gasteiger partial charge in [-0.3, -0.25) is 0 Å². The van der Waals surface area contributed by atoms with Gasteiger partial charge in [0.05, 0.1) is 0 Å². The van der Waals surface area contributed by atoms with Crippen molar-refractivity contribution in [1.29, 1.82) is 0 Å². The second-order valence-electron chi connectivity index (χ2n) is 5.54. The molecule has 0 spiro atoms. The minimum Gasteiger partial charge on any atom is -0.357 e. The Balaban J connectivity index is 0. The van der Waals surface area contributed by atoms with Crippen LogP contribution in [0.5, 0.6) is 0 Å². The molecule has 0 radical (unpaired) electrons. The fraction of sp³-hybridized carbons (Fsp3) is 0.786. The number of terminal acetylenes is 1. The molecule has 0 fully saturated rings. The Hall–Kier alpha value is -0.440. The summed E-state index contributed by atoms with van der Waals surface area (Å²) >= 11 is 0. The zero-order valence-corrected chi connectivity index (χ0v) is 14.7. The molecule has 0 rings (SSSR count). The molecule has 0 aliphatic rings. The van der Waals surface area contributed by atoms with Gasteiger partial charge in [0.15, 0.2) is 5.96 Å². The molecule has 0 bridgehead atoms. The summed E-state index contributed by atoms with van der Waals surface area (Å²) in [6.07, 6.45) is 7.53. The highest BCUT2D eigenvalue weighted by molar-refractivity contribution is 14.0. The maximum Gasteiger partial charge on any atom is 0.192 e. The minimum atomic E-state index is 0. The lowest BCUT2D eigenvalue weighted by molar-refractivity contribution is 0.346. The van der Waals surface area contributed by atoms with E-state index in [1.54, 1.807) is 0 Å². The number of rotatable bonds is 5. The van der Waals surface area contributed by atoms with Crippen LogP contribution in [0.4, 0.5) is 0 Å². The molecule has 1 unspecified atom stereocenters. The molecule has 18 heavy (non-hydrogen) atoms. The van der Waals surface area contributed by atoms with Crippen molar-refractivity contribution in [1.82, 2.24) is 10.6 Å². The number of hydrogen-bond acceptors (Lipinski definition) is 1. The third-order valence-corrected chi connectivity index (χ3v) is 2.38. The van der Waals surface area contributed by atoms with Gasteiger partial charge in [0, 0.05) is 12.6 Å². The van der Waals surface area contributed by atoms with Crippen LogP contribution in [-0.2, 0) is 0 Å². The molecule has 0 saturated carbocycles. The van der Waals surface area contributed by atoms with Gasteiger partial charge >= 0.3 is 0 Å². The van der Waals surface area contributed by atoms with Crippen LogP contribution in [0.1, 0.15) is 47.5 Å². The van der Waals surface area contributed by atoms with Gasteiger partial charge < -0.3 is 10.6 Å². The predicted molar refractivity (Wildman–Crippen MR) is 91.5 cm³/mol. The first-order valence-corrected chi connectivity index (χ1v) is 6.37. The van der Waals surface area contributed by atoms with Crippen LogP contribution in [-0.4, -0.2) is 25.1 Å². The Morgan fingerprint density at radius 2 is 2.00 bits per heavy atom. The summed E-state index contributed by atoms with van der Waals surface area (Å²) in [5.41, 5.74) is 0.379. The fourth-order valence-corrected chi connectivity index (χ4v) is 1.40. The highest BCUT2D eigenvalue weighted by atomic mass is 127. The van der Waals surface area contributed by atoms with Gasteiger partial charge in [-0.05, 0) is 32.1 Å². The van der Waals surface area contributed by atoms with Crippen molar-refractivity contribution < 1.29 is 0 Å². The number of guanidine groups is 1. The first-order valence-electron chi connectivity index (χ1n) is 6.37. The first kappa shape index (κ1) is 19.9. The van der Waals surface area contributed by atoms with E-state index >= 15 is 0 Å². The maximum absolute atomic E-state index is 5.21. The average Bonchev–Trinajstić information content (AvgIpc) is 2.22. The van der Waals surface area contributed by atoms with Crippen LogP contribution in [0.3, 0.4) is 0 Å². The average molecular weight is 365 g/mol. The standard InChI is InChI=1S/C14H27N3.HI/c1-7-11-16-13(15-8-2)17-12(3)9-10-14(4,5)6;/h1,12H,8-11H2,2-6H3,(H2,15,16,17);1H. The highest BCUT2D eigenvalue weighted by Gasteiger charge is 2.13. The Morgan fingerprint density at radius 3 is 2.44 bits per heavy atom. The molecule has 1 atom stereocenters. The van der Waals surface area contributed by atoms with E-state index < -0.39 is 0 Å². The topological polar surface area (TPSA) is 36.4 Å². The van der Waals surface area contributed by atoms with Crippen LogP contribution in [0.2, 0.25) is 0 Å². The van der Waals surface area contributed by atoms with Crippen molar-refractivity contribution in [2.24, 2.45) is 10.4 Å². The Kier molecular flexibility index (Phi) is 11.6. The van der Waals surface area contributed by atoms with Crippen molar-refractivity contribution in [3.05, 3.63) is 0 Å². The zero-order chi connectivity index (χ0) is 13.3. The van der Waals surface area contributed by atoms with Crippen LogP contribution >= 0.6 is 24.0 Å². The Bertz CT molecular complexity index is 274. The van der Waals surface area contributed by atoms with Crippen LogP contribution < -0.4 is 10.6 Å². The van der Waals surface area contributed by atoms with Crippen molar-refractivity contribution in [2.75, 3.05) is 13.1 Å². The lowest BCUT2D eigenvalue weighted by Gasteiger charge is -2.22. The van der Waals surface area contributed by atoms with Crippen molar-refractivity contribution in [3.63, 3.8) is 0 Å². The molecular weight excluding hydrogens is 337 g/mol. The molecule has 0 saturated heterocycles. The largest absolute Gasteiger partial charge is 0.357 e. The summed E-state index contributed by atoms with van der Waals surface area (Å²) in [5, 5.41) is 6.56. The van der Waals surface area contributed by atoms with Gasteiger partial charge in [-0.1, -0.05) is 26.7 Å². The van der Waals surface area contributed by atoms with Gasteiger partial charge in [-0.15, -0.1) is 30.4 Å². The number of nitrogens with one attached hydrogen (secondary N) is 2. The summed E-state index contributed by atoms with van der Waals surface area (Å²) in [4.78, 5) is 4.27. The smallest absolute Gasteiger partial charge is 0.192 e. The Morgan fingerprint density at radius 1 is 1.39 bits per heavy atom. The third kappa shape index (κ3) is 12.0. The summed E-state index contributed by atoms with van der Waals surface area (Å²) in [6.45, 7) is 12.3. The van der Waals surface area contributed by atoms with Gasteiger partial charge in [-0.2, -0.15) is 0 Å². The fourth-order valence-electron chi connectivity index (χ4n) is 1.40. The van der Waals surface area contributed by atoms with E-state index in [0.717, 1.165) is 18.9 Å². The molecule has 4 heteroatoms. The lowest BCUT2D eigenvalue weighted by atomic mass is 9.89. The normalized spacial score (nSPS) is 13.2. The van der Waals surface area contributed by atoms with E-state index in [2.05, 4.69) is 49.2 Å². The van der Waals surface area contributed by atoms with Crippen LogP contribution in [0, 0.1) is 17.8 Å². The number of halogens is 1. The van der Waals surface area contributed by atoms with Gasteiger partial charge in [-0.25, -0.2) is 4.99 Å². The quantitative estimate of drug-likeness (QED) is 0.340. The van der Waals surface area contributed by atoms with Gasteiger partial charge in [0.1, 0.15) is 6.54 Å². The molecule has 0 aromatic heterocycles. The number of nitrogens with zero attached hydrogens (tertiary/aromatic N) is 1. The first-order chi connectivity index (χ1) is 7.89. The van der Waals surface area contributed by atoms with Crippen LogP contribution in [0.25, 0.3) is 0 Å². The molecule has 0 aliphatic carbocycles. The lowest BCUT2D eigenvalue weighted by Crippen LogP contribution is -2.42. The molecule has 2 N–H and O–H groups in total. The summed E-state index contributed by atoms with van der Waals surface area (Å²) in [6, 6.07) is 0.407. The second-order valence-corrected chi connectivity index (χ2v) is 5.54. The molecular formula is C14H28IN3. The van der Waals surface area contributed by atoms with E-state index in [4.69, 9.17) is 6.42 Å². The summed E-state index contributed by atoms with van der Waals surface area (Å²) < 4.78 is 0. The van der Waals surface area contributed by atoms with E-state index in [1.165, 1.54) is 6.42 Å². The number of aliphatic imine (C=N–C) groups is 1. The summed E-state index contributed by atoms with van der Waals surface area (Å²) in [7, 11) is 0. The predicted octanol–water partition coefficient (Wildman–Crippen LogP) is 3.01. The van der Waals surface area contributed by atoms with E-state index in [0.29, 0.717) is 18.0 Å². The molecule has 106 valence electrons. The molecule has 0 heterocycles. The third-order valence-electron chi connectivity index (χ3n) is 2.38. The maximum atomic E-state index is 5.21. The van der Waals surface area contributed by atoms with E-state index in [-0.39, 0.29) is 24.0 Å².